The highest BCUT2D eigenvalue weighted by Gasteiger charge is 2.36. The number of hydrogen-bond donors (Lipinski definition) is 0. The van der Waals surface area contributed by atoms with Crippen LogP contribution >= 0.6 is 0 Å². The first kappa shape index (κ1) is 29.1. The Bertz CT molecular complexity index is 2980. The number of nitriles is 1. The molecule has 0 N–H and O–H groups in total. The molecule has 10 rings (SSSR count). The number of hydrogen-bond acceptors (Lipinski definition) is 1. The number of benzene rings is 7. The molecule has 51 heavy (non-hydrogen) atoms. The topological polar surface area (TPSA) is 38.0 Å². The number of nitrogens with zero attached hydrogens (tertiary/aromatic N) is 4. The molecule has 0 saturated heterocycles. The van der Waals surface area contributed by atoms with Crippen molar-refractivity contribution in [3.05, 3.63) is 174 Å². The lowest BCUT2D eigenvalue weighted by molar-refractivity contribution is 0.661. The first-order valence-corrected chi connectivity index (χ1v) is 17.2. The molecule has 0 bridgehead atoms. The fourth-order valence-corrected chi connectivity index (χ4v) is 8.62. The molecule has 2 heterocycles. The van der Waals surface area contributed by atoms with Gasteiger partial charge in [0, 0.05) is 49.5 Å². The third-order valence-electron chi connectivity index (χ3n) is 11.0. The molecular weight excluding hydrogens is 621 g/mol. The summed E-state index contributed by atoms with van der Waals surface area (Å²) < 4.78 is 4.54. The highest BCUT2D eigenvalue weighted by atomic mass is 15.0. The van der Waals surface area contributed by atoms with Crippen molar-refractivity contribution in [1.82, 2.24) is 9.13 Å². The van der Waals surface area contributed by atoms with Crippen molar-refractivity contribution in [2.45, 2.75) is 19.3 Å². The Morgan fingerprint density at radius 2 is 1.14 bits per heavy atom. The molecule has 1 aliphatic rings. The maximum Gasteiger partial charge on any atom is 0.189 e. The second-order valence-corrected chi connectivity index (χ2v) is 14.0. The Kier molecular flexibility index (Phi) is 6.02. The zero-order chi connectivity index (χ0) is 34.4. The summed E-state index contributed by atoms with van der Waals surface area (Å²) in [4.78, 5) is 3.86. The van der Waals surface area contributed by atoms with Gasteiger partial charge in [0.15, 0.2) is 5.69 Å². The van der Waals surface area contributed by atoms with Gasteiger partial charge < -0.3 is 9.13 Å². The Labute approximate surface area is 295 Å². The SMILES string of the molecule is [C-]#[N+]c1ccc(-c2ccc(-n3c4ccccc4c4ccccc43)cc2C#N)c(-n2c3ccccc3c3cc4c(cc32)-c2ccccc2C4(C)C)c1. The molecule has 0 fully saturated rings. The van der Waals surface area contributed by atoms with E-state index in [-0.39, 0.29) is 5.41 Å². The van der Waals surface area contributed by atoms with Crippen LogP contribution in [0.1, 0.15) is 30.5 Å². The van der Waals surface area contributed by atoms with Gasteiger partial charge in [-0.1, -0.05) is 111 Å². The van der Waals surface area contributed by atoms with Crippen LogP contribution in [-0.4, -0.2) is 9.13 Å². The lowest BCUT2D eigenvalue weighted by Gasteiger charge is -2.21. The van der Waals surface area contributed by atoms with E-state index in [1.54, 1.807) is 0 Å². The molecule has 1 aliphatic carbocycles. The number of fused-ring (bicyclic) bond motifs is 9. The molecule has 0 radical (unpaired) electrons. The van der Waals surface area contributed by atoms with Gasteiger partial charge in [0.1, 0.15) is 0 Å². The number of aromatic nitrogens is 2. The van der Waals surface area contributed by atoms with Gasteiger partial charge in [0.05, 0.1) is 40.3 Å². The summed E-state index contributed by atoms with van der Waals surface area (Å²) in [7, 11) is 0. The smallest absolute Gasteiger partial charge is 0.189 e. The molecule has 2 aromatic heterocycles. The fourth-order valence-electron chi connectivity index (χ4n) is 8.62. The zero-order valence-electron chi connectivity index (χ0n) is 28.1. The van der Waals surface area contributed by atoms with Gasteiger partial charge in [-0.15, -0.1) is 0 Å². The lowest BCUT2D eigenvalue weighted by Crippen LogP contribution is -2.14. The van der Waals surface area contributed by atoms with Gasteiger partial charge in [-0.2, -0.15) is 5.26 Å². The standard InChI is InChI=1S/C47H30N4/c1-47(2)40-16-8-4-12-33(40)38-27-46-39(26-41(38)47)36-15-7-11-19-44(36)51(46)45-25-30(49-3)20-22-37(45)32-23-21-31(24-29(32)28-48)50-42-17-9-5-13-34(42)35-14-6-10-18-43(35)50/h4-27H,1-2H3. The van der Waals surface area contributed by atoms with E-state index in [0.29, 0.717) is 11.3 Å². The average molecular weight is 651 g/mol. The molecule has 4 nitrogen and oxygen atoms in total. The second-order valence-electron chi connectivity index (χ2n) is 14.0. The van der Waals surface area contributed by atoms with Crippen molar-refractivity contribution in [1.29, 1.82) is 5.26 Å². The van der Waals surface area contributed by atoms with E-state index in [9.17, 15) is 5.26 Å². The minimum absolute atomic E-state index is 0.127. The van der Waals surface area contributed by atoms with Gasteiger partial charge in [-0.3, -0.25) is 0 Å². The van der Waals surface area contributed by atoms with Crippen LogP contribution in [0.2, 0.25) is 0 Å². The van der Waals surface area contributed by atoms with E-state index in [4.69, 9.17) is 6.57 Å². The van der Waals surface area contributed by atoms with E-state index >= 15 is 0 Å². The summed E-state index contributed by atoms with van der Waals surface area (Å²) >= 11 is 0. The highest BCUT2D eigenvalue weighted by Crippen LogP contribution is 2.51. The van der Waals surface area contributed by atoms with Crippen molar-refractivity contribution in [3.63, 3.8) is 0 Å². The molecule has 0 aliphatic heterocycles. The maximum atomic E-state index is 10.7. The van der Waals surface area contributed by atoms with Crippen LogP contribution in [0.5, 0.6) is 0 Å². The summed E-state index contributed by atoms with van der Waals surface area (Å²) in [5.41, 5.74) is 14.0. The Morgan fingerprint density at radius 1 is 0.529 bits per heavy atom. The molecule has 0 atom stereocenters. The van der Waals surface area contributed by atoms with Crippen molar-refractivity contribution < 1.29 is 0 Å². The van der Waals surface area contributed by atoms with Crippen LogP contribution in [0.4, 0.5) is 5.69 Å². The summed E-state index contributed by atoms with van der Waals surface area (Å²) in [5.74, 6) is 0. The third-order valence-corrected chi connectivity index (χ3v) is 11.0. The minimum Gasteiger partial charge on any atom is -0.310 e. The van der Waals surface area contributed by atoms with Crippen molar-refractivity contribution in [2.24, 2.45) is 0 Å². The molecule has 238 valence electrons. The van der Waals surface area contributed by atoms with E-state index < -0.39 is 0 Å². The molecule has 7 aromatic carbocycles. The minimum atomic E-state index is -0.127. The summed E-state index contributed by atoms with van der Waals surface area (Å²) in [5, 5.41) is 15.4. The molecule has 0 spiro atoms. The van der Waals surface area contributed by atoms with E-state index in [1.807, 2.05) is 24.3 Å². The van der Waals surface area contributed by atoms with Crippen molar-refractivity contribution in [3.8, 4) is 39.7 Å². The molecule has 0 unspecified atom stereocenters. The van der Waals surface area contributed by atoms with Gasteiger partial charge in [-0.05, 0) is 70.8 Å². The molecule has 0 saturated carbocycles. The van der Waals surface area contributed by atoms with Crippen LogP contribution < -0.4 is 0 Å². The third kappa shape index (κ3) is 3.99. The summed E-state index contributed by atoms with van der Waals surface area (Å²) in [6.07, 6.45) is 0. The highest BCUT2D eigenvalue weighted by molar-refractivity contribution is 6.12. The predicted molar refractivity (Wildman–Crippen MR) is 209 cm³/mol. The Morgan fingerprint density at radius 3 is 1.82 bits per heavy atom. The summed E-state index contributed by atoms with van der Waals surface area (Å²) in [6, 6.07) is 53.3. The predicted octanol–water partition coefficient (Wildman–Crippen LogP) is 12.3. The largest absolute Gasteiger partial charge is 0.310 e. The van der Waals surface area contributed by atoms with Gasteiger partial charge in [-0.25, -0.2) is 4.85 Å². The summed E-state index contributed by atoms with van der Waals surface area (Å²) in [6.45, 7) is 12.6. The quantitative estimate of drug-likeness (QED) is 0.175. The van der Waals surface area contributed by atoms with Crippen LogP contribution in [-0.2, 0) is 5.41 Å². The zero-order valence-corrected chi connectivity index (χ0v) is 28.1. The number of rotatable bonds is 3. The Hall–Kier alpha value is -6.88. The lowest BCUT2D eigenvalue weighted by atomic mass is 9.82. The van der Waals surface area contributed by atoms with Crippen molar-refractivity contribution >= 4 is 49.3 Å². The normalized spacial score (nSPS) is 13.0. The monoisotopic (exact) mass is 650 g/mol. The molecule has 0 amide bonds. The van der Waals surface area contributed by atoms with E-state index in [1.165, 1.54) is 38.4 Å². The van der Waals surface area contributed by atoms with E-state index in [0.717, 1.165) is 50.0 Å². The van der Waals surface area contributed by atoms with Crippen LogP contribution in [0.15, 0.2) is 146 Å². The Balaban J connectivity index is 1.24. The van der Waals surface area contributed by atoms with Gasteiger partial charge in [0.25, 0.3) is 0 Å². The molecule has 4 heteroatoms. The first-order chi connectivity index (χ1) is 25.0. The maximum absolute atomic E-state index is 10.7. The van der Waals surface area contributed by atoms with E-state index in [2.05, 4.69) is 155 Å². The fraction of sp³-hybridized carbons (Fsp3) is 0.0638. The van der Waals surface area contributed by atoms with Crippen LogP contribution in [0.3, 0.4) is 0 Å². The van der Waals surface area contributed by atoms with Gasteiger partial charge in [0.2, 0.25) is 0 Å². The van der Waals surface area contributed by atoms with Crippen LogP contribution in [0, 0.1) is 17.9 Å². The first-order valence-electron chi connectivity index (χ1n) is 17.2. The van der Waals surface area contributed by atoms with Gasteiger partial charge >= 0.3 is 0 Å². The average Bonchev–Trinajstić information content (AvgIpc) is 3.77. The van der Waals surface area contributed by atoms with Crippen molar-refractivity contribution in [2.75, 3.05) is 0 Å². The molecule has 9 aromatic rings. The number of para-hydroxylation sites is 3. The van der Waals surface area contributed by atoms with Crippen LogP contribution in [0.25, 0.3) is 82.1 Å². The second kappa shape index (κ2) is 10.6. The molecular formula is C47H30N4.